The van der Waals surface area contributed by atoms with Crippen molar-refractivity contribution in [1.82, 2.24) is 47.9 Å². The van der Waals surface area contributed by atoms with Crippen LogP contribution >= 0.6 is 0 Å². The summed E-state index contributed by atoms with van der Waals surface area (Å²) < 4.78 is 0. The molecule has 1 aromatic carbocycles. The zero-order chi connectivity index (χ0) is 43.5. The van der Waals surface area contributed by atoms with E-state index in [-0.39, 0.29) is 31.1 Å². The third kappa shape index (κ3) is 17.3. The van der Waals surface area contributed by atoms with Gasteiger partial charge >= 0.3 is 0 Å². The van der Waals surface area contributed by atoms with Crippen LogP contribution in [0.2, 0.25) is 0 Å². The highest BCUT2D eigenvalue weighted by Gasteiger charge is 2.32. The van der Waals surface area contributed by atoms with E-state index in [1.165, 1.54) is 6.92 Å². The first-order valence-corrected chi connectivity index (χ1v) is 18.8. The normalized spacial score (nSPS) is 24.4. The number of primary amides is 1. The molecular weight excluding hydrogens is 760 g/mol. The lowest BCUT2D eigenvalue weighted by Crippen LogP contribution is -2.58. The molecule has 0 radical (unpaired) electrons. The lowest BCUT2D eigenvalue weighted by molar-refractivity contribution is -0.135. The van der Waals surface area contributed by atoms with Crippen LogP contribution in [0.25, 0.3) is 0 Å². The maximum atomic E-state index is 13.4. The lowest BCUT2D eigenvalue weighted by Gasteiger charge is -2.24. The first kappa shape index (κ1) is 48.0. The summed E-state index contributed by atoms with van der Waals surface area (Å²) in [4.78, 5) is 130. The molecule has 1 aliphatic heterocycles. The molecule has 2 rings (SSSR count). The summed E-state index contributed by atoms with van der Waals surface area (Å²) >= 11 is 0. The minimum absolute atomic E-state index is 0.0377. The van der Waals surface area contributed by atoms with E-state index in [1.807, 2.05) is 0 Å². The highest BCUT2D eigenvalue weighted by atomic mass is 16.3. The van der Waals surface area contributed by atoms with Crippen LogP contribution in [0.15, 0.2) is 30.3 Å². The van der Waals surface area contributed by atoms with Gasteiger partial charge in [0.15, 0.2) is 0 Å². The molecule has 0 aromatic heterocycles. The molecule has 1 fully saturated rings. The lowest BCUT2D eigenvalue weighted by atomic mass is 10.0. The fourth-order valence-electron chi connectivity index (χ4n) is 5.63. The Morgan fingerprint density at radius 2 is 1.00 bits per heavy atom. The topological polar surface area (TPSA) is 325 Å². The minimum atomic E-state index is -1.59. The van der Waals surface area contributed by atoms with Gasteiger partial charge in [-0.15, -0.1) is 0 Å². The minimum Gasteiger partial charge on any atom is -0.394 e. The third-order valence-electron chi connectivity index (χ3n) is 8.53. The third-order valence-corrected chi connectivity index (χ3v) is 8.53. The molecule has 0 saturated carbocycles. The Morgan fingerprint density at radius 1 is 0.586 bits per heavy atom. The van der Waals surface area contributed by atoms with Gasteiger partial charge in [0, 0.05) is 6.42 Å². The number of rotatable bonds is 9. The van der Waals surface area contributed by atoms with Gasteiger partial charge in [0.2, 0.25) is 59.1 Å². The van der Waals surface area contributed by atoms with Gasteiger partial charge < -0.3 is 58.7 Å². The molecule has 10 amide bonds. The fourth-order valence-corrected chi connectivity index (χ4v) is 5.63. The molecule has 6 atom stereocenters. The second kappa shape index (κ2) is 23.8. The fraction of sp³-hybridized carbons (Fsp3) is 0.568. The summed E-state index contributed by atoms with van der Waals surface area (Å²) in [5.41, 5.74) is 5.97. The zero-order valence-electron chi connectivity index (χ0n) is 33.3. The molecule has 21 nitrogen and oxygen atoms in total. The summed E-state index contributed by atoms with van der Waals surface area (Å²) in [5.74, 6) is -9.10. The molecular formula is C37H56N10O11. The molecule has 0 bridgehead atoms. The second-order valence-corrected chi connectivity index (χ2v) is 14.7. The van der Waals surface area contributed by atoms with Gasteiger partial charge in [-0.05, 0) is 37.2 Å². The number of nitrogens with one attached hydrogen (secondary N) is 9. The van der Waals surface area contributed by atoms with Gasteiger partial charge in [0.05, 0.1) is 32.7 Å². The molecule has 1 saturated heterocycles. The Morgan fingerprint density at radius 3 is 1.45 bits per heavy atom. The number of carbonyl (C=O) groups is 10. The van der Waals surface area contributed by atoms with E-state index < -0.39 is 128 Å². The summed E-state index contributed by atoms with van der Waals surface area (Å²) in [6.07, 6.45) is -0.592. The monoisotopic (exact) mass is 816 g/mol. The Labute approximate surface area is 335 Å². The predicted molar refractivity (Wildman–Crippen MR) is 206 cm³/mol. The molecule has 1 aliphatic rings. The van der Waals surface area contributed by atoms with Crippen molar-refractivity contribution >= 4 is 59.1 Å². The van der Waals surface area contributed by atoms with Crippen molar-refractivity contribution in [2.24, 2.45) is 17.6 Å². The molecule has 58 heavy (non-hydrogen) atoms. The first-order valence-electron chi connectivity index (χ1n) is 18.8. The number of aliphatic hydroxyl groups is 1. The van der Waals surface area contributed by atoms with Crippen molar-refractivity contribution in [3.63, 3.8) is 0 Å². The van der Waals surface area contributed by atoms with Crippen LogP contribution < -0.4 is 53.6 Å². The molecule has 0 unspecified atom stereocenters. The van der Waals surface area contributed by atoms with Crippen molar-refractivity contribution in [1.29, 1.82) is 0 Å². The smallest absolute Gasteiger partial charge is 0.245 e. The number of hydrogen-bond acceptors (Lipinski definition) is 11. The molecule has 0 aliphatic carbocycles. The van der Waals surface area contributed by atoms with Gasteiger partial charge in [0.1, 0.15) is 36.3 Å². The molecule has 1 aromatic rings. The van der Waals surface area contributed by atoms with E-state index in [2.05, 4.69) is 47.9 Å². The second-order valence-electron chi connectivity index (χ2n) is 14.7. The Balaban J connectivity index is 2.45. The van der Waals surface area contributed by atoms with Crippen LogP contribution in [0.4, 0.5) is 0 Å². The van der Waals surface area contributed by atoms with E-state index in [0.29, 0.717) is 5.56 Å². The standard InChI is InChI=1S/C37H56N10O11/c1-19(2)11-23-33(54)40-17-31(52)44-27(18-48)37(58)47-24(12-20(3)4)34(55)39-15-29(50)42-21(5)32(53)45-25(13-22-9-7-6-8-10-22)35(56)41-16-30(51)43-26(14-28(38)49)36(57)46-23/h6-10,19-21,23-27,48H,11-18H2,1-5H3,(H2,38,49)(H,39,55)(H,40,54)(H,41,56)(H,42,50)(H,43,51)(H,44,52)(H,45,53)(H,46,57)(H,47,58)/t21-,23-,24-,25-,26-,27-/m0/s1. The molecule has 320 valence electrons. The zero-order valence-corrected chi connectivity index (χ0v) is 33.3. The largest absolute Gasteiger partial charge is 0.394 e. The van der Waals surface area contributed by atoms with Gasteiger partial charge in [-0.1, -0.05) is 58.0 Å². The average molecular weight is 817 g/mol. The van der Waals surface area contributed by atoms with E-state index in [1.54, 1.807) is 58.0 Å². The van der Waals surface area contributed by atoms with E-state index >= 15 is 0 Å². The first-order chi connectivity index (χ1) is 27.3. The van der Waals surface area contributed by atoms with E-state index in [4.69, 9.17) is 5.73 Å². The highest BCUT2D eigenvalue weighted by molar-refractivity contribution is 5.98. The number of hydrogen-bond donors (Lipinski definition) is 11. The number of nitrogens with two attached hydrogens (primary N) is 1. The molecule has 21 heteroatoms. The summed E-state index contributed by atoms with van der Waals surface area (Å²) in [6.45, 7) is 5.43. The van der Waals surface area contributed by atoms with Gasteiger partial charge in [0.25, 0.3) is 0 Å². The number of benzene rings is 1. The highest BCUT2D eigenvalue weighted by Crippen LogP contribution is 2.08. The van der Waals surface area contributed by atoms with Gasteiger partial charge in [-0.2, -0.15) is 0 Å². The van der Waals surface area contributed by atoms with Crippen LogP contribution in [0.5, 0.6) is 0 Å². The number of aliphatic hydroxyl groups excluding tert-OH is 1. The average Bonchev–Trinajstić information content (AvgIpc) is 3.15. The molecule has 12 N–H and O–H groups in total. The van der Waals surface area contributed by atoms with Crippen molar-refractivity contribution in [2.45, 2.75) is 96.6 Å². The summed E-state index contributed by atoms with van der Waals surface area (Å²) in [6, 6.07) is 0.412. The Hall–Kier alpha value is -6.12. The van der Waals surface area contributed by atoms with Gasteiger partial charge in [-0.3, -0.25) is 47.9 Å². The van der Waals surface area contributed by atoms with Crippen molar-refractivity contribution in [3.8, 4) is 0 Å². The van der Waals surface area contributed by atoms with Crippen molar-refractivity contribution < 1.29 is 53.1 Å². The van der Waals surface area contributed by atoms with Crippen molar-refractivity contribution in [2.75, 3.05) is 26.2 Å². The number of carbonyl (C=O) groups excluding carboxylic acids is 10. The number of amides is 10. The summed E-state index contributed by atoms with van der Waals surface area (Å²) in [5, 5.41) is 31.5. The maximum Gasteiger partial charge on any atom is 0.245 e. The van der Waals surface area contributed by atoms with Crippen LogP contribution in [0, 0.1) is 11.8 Å². The SMILES string of the molecule is CC(C)C[C@@H]1NC(=O)[C@H](CO)NC(=O)CNC(=O)[C@H](CC(C)C)NC(=O)[C@H](CC(N)=O)NC(=O)CNC(=O)[C@H](Cc2ccccc2)NC(=O)[C@H](C)NC(=O)CNC1=O. The predicted octanol–water partition coefficient (Wildman–Crippen LogP) is -4.52. The Bertz CT molecular complexity index is 1660. The van der Waals surface area contributed by atoms with Crippen LogP contribution in [0.3, 0.4) is 0 Å². The van der Waals surface area contributed by atoms with Crippen molar-refractivity contribution in [3.05, 3.63) is 35.9 Å². The van der Waals surface area contributed by atoms with E-state index in [9.17, 15) is 53.1 Å². The van der Waals surface area contributed by atoms with Gasteiger partial charge in [-0.25, -0.2) is 0 Å². The molecule has 1 heterocycles. The maximum absolute atomic E-state index is 13.4. The quantitative estimate of drug-likeness (QED) is 0.113. The van der Waals surface area contributed by atoms with Crippen LogP contribution in [-0.4, -0.2) is 127 Å². The van der Waals surface area contributed by atoms with Crippen LogP contribution in [0.1, 0.15) is 59.4 Å². The van der Waals surface area contributed by atoms with E-state index in [0.717, 1.165) is 0 Å². The Kier molecular flexibility index (Phi) is 19.7. The van der Waals surface area contributed by atoms with Crippen LogP contribution in [-0.2, 0) is 54.4 Å². The summed E-state index contributed by atoms with van der Waals surface area (Å²) in [7, 11) is 0. The molecule has 0 spiro atoms.